The van der Waals surface area contributed by atoms with Crippen LogP contribution in [0.2, 0.25) is 0 Å². The highest BCUT2D eigenvalue weighted by atomic mass is 32.1. The van der Waals surface area contributed by atoms with Crippen LogP contribution in [0.25, 0.3) is 0 Å². The van der Waals surface area contributed by atoms with Gasteiger partial charge < -0.3 is 10.4 Å². The highest BCUT2D eigenvalue weighted by Gasteiger charge is 2.18. The zero-order valence-electron chi connectivity index (χ0n) is 20.0. The maximum absolute atomic E-state index is 12.2. The van der Waals surface area contributed by atoms with Crippen molar-refractivity contribution in [3.8, 4) is 0 Å². The average molecular weight is 537 g/mol. The van der Waals surface area contributed by atoms with E-state index in [2.05, 4.69) is 31.0 Å². The van der Waals surface area contributed by atoms with E-state index in [4.69, 9.17) is 0 Å². The van der Waals surface area contributed by atoms with Gasteiger partial charge in [0.25, 0.3) is 5.91 Å². The molecule has 0 radical (unpaired) electrons. The molecule has 4 rings (SSSR count). The zero-order chi connectivity index (χ0) is 25.2. The molecule has 11 heteroatoms. The summed E-state index contributed by atoms with van der Waals surface area (Å²) < 4.78 is 0. The van der Waals surface area contributed by atoms with Crippen LogP contribution in [0.4, 0.5) is 10.9 Å². The second kappa shape index (κ2) is 14.2. The quantitative estimate of drug-likeness (QED) is 0.248. The van der Waals surface area contributed by atoms with E-state index in [0.29, 0.717) is 16.5 Å². The number of carbonyl (C=O) groups is 2. The lowest BCUT2D eigenvalue weighted by atomic mass is 10.1. The first-order valence-electron chi connectivity index (χ1n) is 11.6. The summed E-state index contributed by atoms with van der Waals surface area (Å²) >= 11 is 1.29. The Bertz CT molecular complexity index is 1270. The Morgan fingerprint density at radius 2 is 1.51 bits per heavy atom. The third-order valence-corrected chi connectivity index (χ3v) is 6.23. The number of nitrogens with one attached hydrogen (secondary N) is 2. The molecule has 37 heavy (non-hydrogen) atoms. The first-order valence-corrected chi connectivity index (χ1v) is 12.4. The number of amides is 2. The van der Waals surface area contributed by atoms with Crippen molar-refractivity contribution in [3.05, 3.63) is 94.6 Å². The van der Waals surface area contributed by atoms with Crippen molar-refractivity contribution >= 4 is 47.6 Å². The molecule has 1 atom stereocenters. The number of hydrogen-bond donors (Lipinski definition) is 3. The summed E-state index contributed by atoms with van der Waals surface area (Å²) in [7, 11) is 0. The Hall–Kier alpha value is -3.67. The molecule has 0 saturated carbocycles. The molecule has 192 valence electrons. The van der Waals surface area contributed by atoms with E-state index in [9.17, 15) is 14.7 Å². The van der Waals surface area contributed by atoms with Crippen LogP contribution in [-0.2, 0) is 28.9 Å². The second-order valence-corrected chi connectivity index (χ2v) is 9.19. The van der Waals surface area contributed by atoms with Crippen molar-refractivity contribution < 1.29 is 14.7 Å². The minimum atomic E-state index is -1.26. The molecule has 0 aliphatic heterocycles. The van der Waals surface area contributed by atoms with Crippen LogP contribution < -0.4 is 10.6 Å². The van der Waals surface area contributed by atoms with Gasteiger partial charge in [-0.05, 0) is 42.5 Å². The Morgan fingerprint density at radius 1 is 0.811 bits per heavy atom. The number of hydrogen-bond acceptors (Lipinski definition) is 8. The highest BCUT2D eigenvalue weighted by molar-refractivity contribution is 7.59. The van der Waals surface area contributed by atoms with Gasteiger partial charge in [-0.1, -0.05) is 72.0 Å². The molecular formula is C26H28N6O3S2. The molecule has 4 aromatic rings. The van der Waals surface area contributed by atoms with Crippen molar-refractivity contribution in [2.24, 2.45) is 0 Å². The number of rotatable bonds is 11. The number of aromatic nitrogens is 4. The zero-order valence-corrected chi connectivity index (χ0v) is 21.8. The van der Waals surface area contributed by atoms with Crippen molar-refractivity contribution in [2.75, 3.05) is 10.6 Å². The van der Waals surface area contributed by atoms with E-state index in [-0.39, 0.29) is 25.8 Å². The van der Waals surface area contributed by atoms with Crippen molar-refractivity contribution in [1.29, 1.82) is 0 Å². The van der Waals surface area contributed by atoms with Crippen molar-refractivity contribution in [2.45, 2.75) is 38.2 Å². The van der Waals surface area contributed by atoms with Crippen molar-refractivity contribution in [3.63, 3.8) is 0 Å². The Kier molecular flexibility index (Phi) is 10.7. The summed E-state index contributed by atoms with van der Waals surface area (Å²) in [6.45, 7) is 0. The summed E-state index contributed by atoms with van der Waals surface area (Å²) in [6.07, 6.45) is 2.24. The van der Waals surface area contributed by atoms with Gasteiger partial charge >= 0.3 is 0 Å². The summed E-state index contributed by atoms with van der Waals surface area (Å²) in [6, 6.07) is 21.9. The fourth-order valence-corrected chi connectivity index (χ4v) is 4.26. The Morgan fingerprint density at radius 3 is 2.22 bits per heavy atom. The van der Waals surface area contributed by atoms with Gasteiger partial charge in [-0.15, -0.1) is 15.3 Å². The molecule has 0 fully saturated rings. The van der Waals surface area contributed by atoms with Gasteiger partial charge in [0.05, 0.1) is 12.1 Å². The lowest BCUT2D eigenvalue weighted by Crippen LogP contribution is -2.20. The van der Waals surface area contributed by atoms with E-state index in [0.717, 1.165) is 41.9 Å². The molecule has 0 spiro atoms. The molecule has 9 nitrogen and oxygen atoms in total. The van der Waals surface area contributed by atoms with Crippen LogP contribution in [0.3, 0.4) is 0 Å². The second-order valence-electron chi connectivity index (χ2n) is 8.13. The third kappa shape index (κ3) is 8.74. The average Bonchev–Trinajstić information content (AvgIpc) is 3.35. The van der Waals surface area contributed by atoms with E-state index in [1.165, 1.54) is 11.3 Å². The number of anilines is 2. The van der Waals surface area contributed by atoms with E-state index in [1.54, 1.807) is 30.3 Å². The summed E-state index contributed by atoms with van der Waals surface area (Å²) in [5.41, 5.74) is 2.30. The van der Waals surface area contributed by atoms with Crippen LogP contribution in [0.1, 0.15) is 40.8 Å². The first kappa shape index (κ1) is 27.9. The van der Waals surface area contributed by atoms with Crippen LogP contribution >= 0.6 is 24.8 Å². The molecule has 2 amide bonds. The number of unbranched alkanes of at least 4 members (excludes halogenated alkanes) is 1. The smallest absolute Gasteiger partial charge is 0.259 e. The molecule has 0 aliphatic carbocycles. The van der Waals surface area contributed by atoms with E-state index >= 15 is 0 Å². The minimum absolute atomic E-state index is 0. The normalized spacial score (nSPS) is 11.3. The lowest BCUT2D eigenvalue weighted by Gasteiger charge is -2.09. The van der Waals surface area contributed by atoms with Gasteiger partial charge in [-0.2, -0.15) is 18.6 Å². The van der Waals surface area contributed by atoms with Gasteiger partial charge in [0.15, 0.2) is 11.9 Å². The van der Waals surface area contributed by atoms with Gasteiger partial charge in [0.2, 0.25) is 11.0 Å². The van der Waals surface area contributed by atoms with Gasteiger partial charge in [-0.25, -0.2) is 0 Å². The standard InChI is InChI=1S/C26H26N6O3S.H2S/c33-22(17-18-9-3-1-4-10-18)27-21-16-15-20(29-30-21)13-7-8-14-23-31-32-26(36-23)28-25(35)24(34)19-11-5-2-6-12-19;/h1-6,9-12,15-16,24,34H,7-8,13-14,17H2,(H,27,30,33)(H,28,32,35);1H2/t24-;/m0./s1. The van der Waals surface area contributed by atoms with E-state index < -0.39 is 12.0 Å². The van der Waals surface area contributed by atoms with Crippen LogP contribution in [0.15, 0.2) is 72.8 Å². The fraction of sp³-hybridized carbons (Fsp3) is 0.231. The molecule has 0 aliphatic rings. The molecule has 3 N–H and O–H groups in total. The molecule has 0 bridgehead atoms. The van der Waals surface area contributed by atoms with Gasteiger partial charge in [0, 0.05) is 6.42 Å². The number of carbonyl (C=O) groups excluding carboxylic acids is 2. The third-order valence-electron chi connectivity index (χ3n) is 5.33. The molecule has 2 heterocycles. The predicted molar refractivity (Wildman–Crippen MR) is 148 cm³/mol. The Balaban J connectivity index is 0.00000380. The number of aliphatic hydroxyl groups is 1. The topological polar surface area (TPSA) is 130 Å². The summed E-state index contributed by atoms with van der Waals surface area (Å²) in [5.74, 6) is -0.242. The number of benzene rings is 2. The molecule has 0 unspecified atom stereocenters. The monoisotopic (exact) mass is 536 g/mol. The van der Waals surface area contributed by atoms with Crippen LogP contribution in [0, 0.1) is 0 Å². The van der Waals surface area contributed by atoms with Gasteiger partial charge in [-0.3, -0.25) is 14.9 Å². The molecule has 2 aromatic heterocycles. The highest BCUT2D eigenvalue weighted by Crippen LogP contribution is 2.20. The molecule has 0 saturated heterocycles. The predicted octanol–water partition coefficient (Wildman–Crippen LogP) is 3.86. The van der Waals surface area contributed by atoms with E-state index in [1.807, 2.05) is 42.5 Å². The minimum Gasteiger partial charge on any atom is -0.378 e. The first-order chi connectivity index (χ1) is 17.6. The number of aliphatic hydroxyl groups excluding tert-OH is 1. The summed E-state index contributed by atoms with van der Waals surface area (Å²) in [4.78, 5) is 24.4. The Labute approximate surface area is 225 Å². The molecule has 2 aromatic carbocycles. The lowest BCUT2D eigenvalue weighted by molar-refractivity contribution is -0.124. The maximum Gasteiger partial charge on any atom is 0.259 e. The SMILES string of the molecule is O=C(Cc1ccccc1)Nc1ccc(CCCCc2nnc(NC(=O)[C@@H](O)c3ccccc3)s2)nn1.S. The number of nitrogens with zero attached hydrogens (tertiary/aromatic N) is 4. The van der Waals surface area contributed by atoms with Gasteiger partial charge in [0.1, 0.15) is 5.01 Å². The number of aryl methyl sites for hydroxylation is 2. The fourth-order valence-electron chi connectivity index (χ4n) is 3.48. The van der Waals surface area contributed by atoms with Crippen LogP contribution in [0.5, 0.6) is 0 Å². The largest absolute Gasteiger partial charge is 0.378 e. The molecular weight excluding hydrogens is 508 g/mol. The van der Waals surface area contributed by atoms with Crippen LogP contribution in [-0.4, -0.2) is 37.3 Å². The summed E-state index contributed by atoms with van der Waals surface area (Å²) in [5, 5.41) is 33.1. The van der Waals surface area contributed by atoms with Crippen molar-refractivity contribution in [1.82, 2.24) is 20.4 Å². The maximum atomic E-state index is 12.2.